The summed E-state index contributed by atoms with van der Waals surface area (Å²) in [7, 11) is 0. The van der Waals surface area contributed by atoms with Crippen LogP contribution in [0.5, 0.6) is 0 Å². The van der Waals surface area contributed by atoms with Crippen molar-refractivity contribution in [3.8, 4) is 0 Å². The van der Waals surface area contributed by atoms with Gasteiger partial charge in [0.1, 0.15) is 0 Å². The van der Waals surface area contributed by atoms with Crippen LogP contribution in [-0.2, 0) is 0 Å². The fourth-order valence-corrected chi connectivity index (χ4v) is 2.14. The Bertz CT molecular complexity index is 374. The van der Waals surface area contributed by atoms with Gasteiger partial charge in [-0.2, -0.15) is 11.8 Å². The van der Waals surface area contributed by atoms with Crippen LogP contribution in [0.1, 0.15) is 6.42 Å². The number of nitrogens with one attached hydrogen (secondary N) is 1. The maximum atomic E-state index is 10.5. The van der Waals surface area contributed by atoms with E-state index in [1.54, 1.807) is 17.8 Å². The summed E-state index contributed by atoms with van der Waals surface area (Å²) in [5.41, 5.74) is 0.994. The number of non-ortho nitro benzene ring substituents is 1. The average molecular weight is 305 g/mol. The van der Waals surface area contributed by atoms with Crippen molar-refractivity contribution in [1.29, 1.82) is 0 Å². The molecule has 0 spiro atoms. The number of thioether (sulfide) groups is 1. The van der Waals surface area contributed by atoms with Gasteiger partial charge in [0, 0.05) is 28.8 Å². The Morgan fingerprint density at radius 3 is 2.88 bits per heavy atom. The van der Waals surface area contributed by atoms with E-state index >= 15 is 0 Å². The van der Waals surface area contributed by atoms with E-state index in [4.69, 9.17) is 0 Å². The molecule has 0 aliphatic carbocycles. The van der Waals surface area contributed by atoms with E-state index in [0.717, 1.165) is 28.9 Å². The normalized spacial score (nSPS) is 10.1. The number of hydrogen-bond acceptors (Lipinski definition) is 4. The molecule has 0 unspecified atom stereocenters. The van der Waals surface area contributed by atoms with Crippen LogP contribution in [0.4, 0.5) is 11.4 Å². The molecule has 0 radical (unpaired) electrons. The monoisotopic (exact) mass is 304 g/mol. The highest BCUT2D eigenvalue weighted by atomic mass is 79.9. The molecule has 88 valence electrons. The molecule has 1 N–H and O–H groups in total. The van der Waals surface area contributed by atoms with Crippen molar-refractivity contribution < 1.29 is 4.92 Å². The largest absolute Gasteiger partial charge is 0.384 e. The molecule has 0 heterocycles. The molecule has 0 aliphatic heterocycles. The molecule has 1 rings (SSSR count). The minimum Gasteiger partial charge on any atom is -0.384 e. The molecule has 0 atom stereocenters. The van der Waals surface area contributed by atoms with Gasteiger partial charge in [-0.3, -0.25) is 10.1 Å². The van der Waals surface area contributed by atoms with Crippen LogP contribution in [0.3, 0.4) is 0 Å². The zero-order chi connectivity index (χ0) is 12.0. The topological polar surface area (TPSA) is 55.2 Å². The van der Waals surface area contributed by atoms with Gasteiger partial charge in [0.15, 0.2) is 0 Å². The predicted molar refractivity (Wildman–Crippen MR) is 72.3 cm³/mol. The smallest absolute Gasteiger partial charge is 0.270 e. The first-order valence-corrected chi connectivity index (χ1v) is 7.00. The Morgan fingerprint density at radius 2 is 2.31 bits per heavy atom. The molecule has 0 saturated carbocycles. The Balaban J connectivity index is 2.57. The van der Waals surface area contributed by atoms with Gasteiger partial charge in [0.2, 0.25) is 0 Å². The molecular weight excluding hydrogens is 292 g/mol. The third-order valence-corrected chi connectivity index (χ3v) is 3.36. The first-order valence-electron chi connectivity index (χ1n) is 4.82. The molecule has 16 heavy (non-hydrogen) atoms. The second kappa shape index (κ2) is 6.75. The van der Waals surface area contributed by atoms with Crippen molar-refractivity contribution in [3.63, 3.8) is 0 Å². The lowest BCUT2D eigenvalue weighted by Gasteiger charge is -2.07. The maximum absolute atomic E-state index is 10.5. The lowest BCUT2D eigenvalue weighted by Crippen LogP contribution is -2.03. The Hall–Kier alpha value is -0.750. The molecule has 0 fully saturated rings. The van der Waals surface area contributed by atoms with Crippen LogP contribution >= 0.6 is 27.7 Å². The van der Waals surface area contributed by atoms with Crippen molar-refractivity contribution in [2.75, 3.05) is 23.9 Å². The van der Waals surface area contributed by atoms with E-state index in [0.29, 0.717) is 0 Å². The molecule has 0 saturated heterocycles. The van der Waals surface area contributed by atoms with Gasteiger partial charge in [0.25, 0.3) is 5.69 Å². The van der Waals surface area contributed by atoms with Crippen LogP contribution in [-0.4, -0.2) is 23.5 Å². The minimum atomic E-state index is -0.401. The summed E-state index contributed by atoms with van der Waals surface area (Å²) >= 11 is 5.12. The number of nitro benzene ring substituents is 1. The highest BCUT2D eigenvalue weighted by Gasteiger charge is 2.08. The Labute approximate surface area is 107 Å². The van der Waals surface area contributed by atoms with Crippen molar-refractivity contribution in [2.45, 2.75) is 6.42 Å². The van der Waals surface area contributed by atoms with E-state index in [2.05, 4.69) is 27.5 Å². The number of nitro groups is 1. The highest BCUT2D eigenvalue weighted by molar-refractivity contribution is 9.10. The van der Waals surface area contributed by atoms with E-state index in [9.17, 15) is 10.1 Å². The Kier molecular flexibility index (Phi) is 5.62. The van der Waals surface area contributed by atoms with Gasteiger partial charge in [-0.25, -0.2) is 0 Å². The van der Waals surface area contributed by atoms with Gasteiger partial charge in [0.05, 0.1) is 4.92 Å². The van der Waals surface area contributed by atoms with Gasteiger partial charge in [-0.15, -0.1) is 0 Å². The van der Waals surface area contributed by atoms with E-state index in [1.165, 1.54) is 12.1 Å². The zero-order valence-electron chi connectivity index (χ0n) is 8.90. The van der Waals surface area contributed by atoms with Gasteiger partial charge in [-0.1, -0.05) is 0 Å². The maximum Gasteiger partial charge on any atom is 0.270 e. The third kappa shape index (κ3) is 4.02. The summed E-state index contributed by atoms with van der Waals surface area (Å²) in [4.78, 5) is 10.1. The molecule has 0 aromatic heterocycles. The number of halogens is 1. The van der Waals surface area contributed by atoms with Crippen LogP contribution in [0.25, 0.3) is 0 Å². The van der Waals surface area contributed by atoms with Crippen LogP contribution in [0.2, 0.25) is 0 Å². The van der Waals surface area contributed by atoms with Gasteiger partial charge < -0.3 is 5.32 Å². The molecule has 1 aromatic rings. The third-order valence-electron chi connectivity index (χ3n) is 2.00. The van der Waals surface area contributed by atoms with E-state index in [-0.39, 0.29) is 5.69 Å². The molecule has 1 aromatic carbocycles. The fourth-order valence-electron chi connectivity index (χ4n) is 1.20. The fraction of sp³-hybridized carbons (Fsp3) is 0.400. The summed E-state index contributed by atoms with van der Waals surface area (Å²) < 4.78 is 0.728. The summed E-state index contributed by atoms with van der Waals surface area (Å²) in [5, 5.41) is 13.8. The molecule has 0 amide bonds. The lowest BCUT2D eigenvalue weighted by atomic mass is 10.3. The number of hydrogen-bond donors (Lipinski definition) is 1. The van der Waals surface area contributed by atoms with Crippen LogP contribution in [0, 0.1) is 10.1 Å². The van der Waals surface area contributed by atoms with Crippen LogP contribution in [0.15, 0.2) is 22.7 Å². The number of rotatable bonds is 6. The predicted octanol–water partition coefficient (Wildman–Crippen LogP) is 3.52. The average Bonchev–Trinajstić information content (AvgIpc) is 2.26. The summed E-state index contributed by atoms with van der Waals surface area (Å²) in [6.07, 6.45) is 3.15. The van der Waals surface area contributed by atoms with Crippen LogP contribution < -0.4 is 5.32 Å². The first kappa shape index (κ1) is 13.3. The molecular formula is C10H13BrN2O2S. The Morgan fingerprint density at radius 1 is 1.56 bits per heavy atom. The van der Waals surface area contributed by atoms with Crippen molar-refractivity contribution in [2.24, 2.45) is 0 Å². The quantitative estimate of drug-likeness (QED) is 0.496. The number of nitrogens with zero attached hydrogens (tertiary/aromatic N) is 1. The van der Waals surface area contributed by atoms with Gasteiger partial charge in [-0.05, 0) is 40.4 Å². The molecule has 6 heteroatoms. The molecule has 4 nitrogen and oxygen atoms in total. The number of benzene rings is 1. The van der Waals surface area contributed by atoms with E-state index in [1.807, 2.05) is 0 Å². The van der Waals surface area contributed by atoms with Crippen molar-refractivity contribution >= 4 is 39.1 Å². The second-order valence-corrected chi connectivity index (χ2v) is 5.03. The van der Waals surface area contributed by atoms with E-state index < -0.39 is 4.92 Å². The SMILES string of the molecule is CSCCCNc1ccc([N+](=O)[O-])cc1Br. The summed E-state index contributed by atoms with van der Waals surface area (Å²) in [6.45, 7) is 0.872. The summed E-state index contributed by atoms with van der Waals surface area (Å²) in [5.74, 6) is 1.11. The standard InChI is InChI=1S/C10H13BrN2O2S/c1-16-6-2-5-12-10-4-3-8(13(14)15)7-9(10)11/h3-4,7,12H,2,5-6H2,1H3. The number of anilines is 1. The van der Waals surface area contributed by atoms with Crippen molar-refractivity contribution in [3.05, 3.63) is 32.8 Å². The highest BCUT2D eigenvalue weighted by Crippen LogP contribution is 2.26. The van der Waals surface area contributed by atoms with Gasteiger partial charge >= 0.3 is 0 Å². The summed E-state index contributed by atoms with van der Waals surface area (Å²) in [6, 6.07) is 4.74. The molecule has 0 bridgehead atoms. The van der Waals surface area contributed by atoms with Crippen molar-refractivity contribution in [1.82, 2.24) is 0 Å². The minimum absolute atomic E-state index is 0.0986. The molecule has 0 aliphatic rings. The second-order valence-electron chi connectivity index (χ2n) is 3.19. The lowest BCUT2D eigenvalue weighted by molar-refractivity contribution is -0.384. The zero-order valence-corrected chi connectivity index (χ0v) is 11.3. The first-order chi connectivity index (χ1) is 7.65.